The predicted octanol–water partition coefficient (Wildman–Crippen LogP) is 3.85. The van der Waals surface area contributed by atoms with Crippen LogP contribution in [0, 0.1) is 0 Å². The lowest BCUT2D eigenvalue weighted by Crippen LogP contribution is -1.93. The Morgan fingerprint density at radius 3 is 2.72 bits per heavy atom. The number of hydrogen-bond acceptors (Lipinski definition) is 4. The monoisotopic (exact) mass is 254 g/mol. The summed E-state index contributed by atoms with van der Waals surface area (Å²) in [5.41, 5.74) is 0.696. The van der Waals surface area contributed by atoms with Crippen molar-refractivity contribution in [3.8, 4) is 0 Å². The van der Waals surface area contributed by atoms with Gasteiger partial charge in [-0.1, -0.05) is 24.3 Å². The highest BCUT2D eigenvalue weighted by Crippen LogP contribution is 2.35. The van der Waals surface area contributed by atoms with Gasteiger partial charge in [-0.25, -0.2) is 4.98 Å². The van der Waals surface area contributed by atoms with Gasteiger partial charge in [-0.3, -0.25) is 4.79 Å². The van der Waals surface area contributed by atoms with E-state index in [4.69, 9.17) is 0 Å². The fraction of sp³-hybridized carbons (Fsp3) is 0. The number of nitrogens with one attached hydrogen (secondary N) is 1. The summed E-state index contributed by atoms with van der Waals surface area (Å²) in [6.07, 6.45) is 2.61. The SMILES string of the molecule is O=Cc1c(Nc2ccccn2)sc2ccccc12. The van der Waals surface area contributed by atoms with Crippen LogP contribution in [0.2, 0.25) is 0 Å². The zero-order valence-corrected chi connectivity index (χ0v) is 10.3. The number of carbonyl (C=O) groups excluding carboxylic acids is 1. The van der Waals surface area contributed by atoms with Crippen LogP contribution in [0.3, 0.4) is 0 Å². The third-order valence-corrected chi connectivity index (χ3v) is 3.76. The normalized spacial score (nSPS) is 10.4. The van der Waals surface area contributed by atoms with Crippen LogP contribution < -0.4 is 5.32 Å². The van der Waals surface area contributed by atoms with Crippen LogP contribution in [0.4, 0.5) is 10.8 Å². The summed E-state index contributed by atoms with van der Waals surface area (Å²) in [5, 5.41) is 5.01. The Morgan fingerprint density at radius 1 is 1.11 bits per heavy atom. The standard InChI is InChI=1S/C14H10N2OS/c17-9-11-10-5-1-2-6-12(10)18-14(11)16-13-7-3-4-8-15-13/h1-9H,(H,15,16). The van der Waals surface area contributed by atoms with Crippen molar-refractivity contribution in [1.29, 1.82) is 0 Å². The van der Waals surface area contributed by atoms with Gasteiger partial charge in [-0.05, 0) is 18.2 Å². The second-order valence-electron chi connectivity index (χ2n) is 3.80. The molecular weight excluding hydrogens is 244 g/mol. The Labute approximate surface area is 108 Å². The third kappa shape index (κ3) is 1.87. The molecule has 0 saturated heterocycles. The van der Waals surface area contributed by atoms with E-state index in [2.05, 4.69) is 10.3 Å². The lowest BCUT2D eigenvalue weighted by atomic mass is 10.2. The molecule has 3 aromatic rings. The molecule has 18 heavy (non-hydrogen) atoms. The summed E-state index contributed by atoms with van der Waals surface area (Å²) >= 11 is 1.56. The first-order chi connectivity index (χ1) is 8.88. The van der Waals surface area contributed by atoms with E-state index in [0.717, 1.165) is 27.2 Å². The third-order valence-electron chi connectivity index (χ3n) is 2.66. The molecule has 0 aliphatic heterocycles. The number of aromatic nitrogens is 1. The van der Waals surface area contributed by atoms with Crippen LogP contribution in [0.5, 0.6) is 0 Å². The number of fused-ring (bicyclic) bond motifs is 1. The summed E-state index contributed by atoms with van der Waals surface area (Å²) < 4.78 is 1.10. The number of anilines is 2. The van der Waals surface area contributed by atoms with Gasteiger partial charge >= 0.3 is 0 Å². The molecule has 0 amide bonds. The number of benzene rings is 1. The van der Waals surface area contributed by atoms with Gasteiger partial charge in [0.1, 0.15) is 10.8 Å². The van der Waals surface area contributed by atoms with Crippen molar-refractivity contribution in [2.24, 2.45) is 0 Å². The van der Waals surface area contributed by atoms with Crippen LogP contribution in [-0.4, -0.2) is 11.3 Å². The summed E-state index contributed by atoms with van der Waals surface area (Å²) in [6, 6.07) is 13.5. The van der Waals surface area contributed by atoms with Gasteiger partial charge in [0.2, 0.25) is 0 Å². The van der Waals surface area contributed by atoms with Gasteiger partial charge in [0, 0.05) is 16.3 Å². The lowest BCUT2D eigenvalue weighted by molar-refractivity contribution is 0.112. The maximum atomic E-state index is 11.2. The van der Waals surface area contributed by atoms with Crippen molar-refractivity contribution in [1.82, 2.24) is 4.98 Å². The number of carbonyl (C=O) groups is 1. The number of thiophene rings is 1. The van der Waals surface area contributed by atoms with E-state index in [1.165, 1.54) is 0 Å². The topological polar surface area (TPSA) is 42.0 Å². The Bertz CT molecular complexity index is 691. The minimum absolute atomic E-state index is 0.696. The summed E-state index contributed by atoms with van der Waals surface area (Å²) in [4.78, 5) is 15.4. The molecule has 0 spiro atoms. The Morgan fingerprint density at radius 2 is 1.94 bits per heavy atom. The number of nitrogens with zero attached hydrogens (tertiary/aromatic N) is 1. The molecular formula is C14H10N2OS. The first-order valence-electron chi connectivity index (χ1n) is 5.53. The van der Waals surface area contributed by atoms with Crippen molar-refractivity contribution >= 4 is 38.5 Å². The van der Waals surface area contributed by atoms with E-state index in [0.29, 0.717) is 5.56 Å². The van der Waals surface area contributed by atoms with Gasteiger partial charge in [-0.15, -0.1) is 11.3 Å². The molecule has 0 aliphatic carbocycles. The highest BCUT2D eigenvalue weighted by atomic mass is 32.1. The Balaban J connectivity index is 2.09. The Hall–Kier alpha value is -2.20. The smallest absolute Gasteiger partial charge is 0.153 e. The predicted molar refractivity (Wildman–Crippen MR) is 74.7 cm³/mol. The first-order valence-corrected chi connectivity index (χ1v) is 6.35. The largest absolute Gasteiger partial charge is 0.331 e. The molecule has 0 unspecified atom stereocenters. The second-order valence-corrected chi connectivity index (χ2v) is 4.85. The molecule has 4 heteroatoms. The van der Waals surface area contributed by atoms with E-state index in [9.17, 15) is 4.79 Å². The van der Waals surface area contributed by atoms with Crippen LogP contribution in [-0.2, 0) is 0 Å². The van der Waals surface area contributed by atoms with E-state index < -0.39 is 0 Å². The molecule has 2 aromatic heterocycles. The van der Waals surface area contributed by atoms with Gasteiger partial charge in [-0.2, -0.15) is 0 Å². The number of aldehydes is 1. The molecule has 0 atom stereocenters. The zero-order valence-electron chi connectivity index (χ0n) is 9.46. The second kappa shape index (κ2) is 4.58. The van der Waals surface area contributed by atoms with E-state index in [-0.39, 0.29) is 0 Å². The molecule has 0 saturated carbocycles. The van der Waals surface area contributed by atoms with Crippen LogP contribution in [0.25, 0.3) is 10.1 Å². The quantitative estimate of drug-likeness (QED) is 0.722. The molecule has 3 nitrogen and oxygen atoms in total. The molecule has 0 aliphatic rings. The zero-order chi connectivity index (χ0) is 12.4. The van der Waals surface area contributed by atoms with Crippen LogP contribution >= 0.6 is 11.3 Å². The molecule has 1 N–H and O–H groups in total. The number of hydrogen-bond donors (Lipinski definition) is 1. The summed E-state index contributed by atoms with van der Waals surface area (Å²) in [6.45, 7) is 0. The average Bonchev–Trinajstić information content (AvgIpc) is 2.77. The van der Waals surface area contributed by atoms with Crippen LogP contribution in [0.1, 0.15) is 10.4 Å². The summed E-state index contributed by atoms with van der Waals surface area (Å²) in [7, 11) is 0. The lowest BCUT2D eigenvalue weighted by Gasteiger charge is -2.02. The molecule has 0 bridgehead atoms. The minimum Gasteiger partial charge on any atom is -0.331 e. The minimum atomic E-state index is 0.696. The highest BCUT2D eigenvalue weighted by Gasteiger charge is 2.11. The fourth-order valence-electron chi connectivity index (χ4n) is 1.83. The molecule has 0 fully saturated rings. The molecule has 0 radical (unpaired) electrons. The number of pyridine rings is 1. The van der Waals surface area contributed by atoms with E-state index in [1.54, 1.807) is 17.5 Å². The average molecular weight is 254 g/mol. The number of rotatable bonds is 3. The Kier molecular flexibility index (Phi) is 2.78. The highest BCUT2D eigenvalue weighted by molar-refractivity contribution is 7.23. The summed E-state index contributed by atoms with van der Waals surface area (Å²) in [5.74, 6) is 0.743. The van der Waals surface area contributed by atoms with Gasteiger partial charge in [0.25, 0.3) is 0 Å². The maximum Gasteiger partial charge on any atom is 0.153 e. The first kappa shape index (κ1) is 10.9. The van der Waals surface area contributed by atoms with Gasteiger partial charge in [0.15, 0.2) is 6.29 Å². The maximum absolute atomic E-state index is 11.2. The van der Waals surface area contributed by atoms with E-state index in [1.807, 2.05) is 42.5 Å². The molecule has 2 heterocycles. The molecule has 3 rings (SSSR count). The van der Waals surface area contributed by atoms with Crippen LogP contribution in [0.15, 0.2) is 48.7 Å². The van der Waals surface area contributed by atoms with Crippen molar-refractivity contribution in [3.05, 3.63) is 54.2 Å². The van der Waals surface area contributed by atoms with Crippen molar-refractivity contribution in [2.75, 3.05) is 5.32 Å². The van der Waals surface area contributed by atoms with Crippen molar-refractivity contribution in [3.63, 3.8) is 0 Å². The molecule has 1 aromatic carbocycles. The fourth-order valence-corrected chi connectivity index (χ4v) is 2.91. The molecule has 88 valence electrons. The van der Waals surface area contributed by atoms with Gasteiger partial charge in [0.05, 0.1) is 5.56 Å². The van der Waals surface area contributed by atoms with Crippen molar-refractivity contribution in [2.45, 2.75) is 0 Å². The van der Waals surface area contributed by atoms with Crippen molar-refractivity contribution < 1.29 is 4.79 Å². The van der Waals surface area contributed by atoms with Gasteiger partial charge < -0.3 is 5.32 Å². The van der Waals surface area contributed by atoms with E-state index >= 15 is 0 Å².